The molecule has 1 rings (SSSR count). The van der Waals surface area contributed by atoms with Gasteiger partial charge in [0, 0.05) is 5.41 Å². The molecule has 0 aromatic heterocycles. The van der Waals surface area contributed by atoms with Crippen molar-refractivity contribution in [1.82, 2.24) is 0 Å². The van der Waals surface area contributed by atoms with Gasteiger partial charge in [-0.2, -0.15) is 0 Å². The zero-order valence-corrected chi connectivity index (χ0v) is 13.7. The van der Waals surface area contributed by atoms with E-state index < -0.39 is 0 Å². The fraction of sp³-hybridized carbons (Fsp3) is 0.556. The lowest BCUT2D eigenvalue weighted by Crippen LogP contribution is -2.32. The van der Waals surface area contributed by atoms with E-state index in [0.29, 0.717) is 13.2 Å². The average Bonchev–Trinajstić information content (AvgIpc) is 2.34. The normalized spacial score (nSPS) is 12.3. The summed E-state index contributed by atoms with van der Waals surface area (Å²) in [6.07, 6.45) is 0. The van der Waals surface area contributed by atoms with Crippen molar-refractivity contribution in [3.05, 3.63) is 36.4 Å². The predicted octanol–water partition coefficient (Wildman–Crippen LogP) is 4.94. The van der Waals surface area contributed by atoms with Crippen molar-refractivity contribution < 1.29 is 9.47 Å². The first-order chi connectivity index (χ1) is 9.09. The second kappa shape index (κ2) is 6.45. The highest BCUT2D eigenvalue weighted by Gasteiger charge is 2.23. The maximum absolute atomic E-state index is 5.86. The van der Waals surface area contributed by atoms with E-state index in [4.69, 9.17) is 9.47 Å². The van der Waals surface area contributed by atoms with Gasteiger partial charge in [-0.25, -0.2) is 0 Å². The summed E-state index contributed by atoms with van der Waals surface area (Å²) in [4.78, 5) is 0. The van der Waals surface area contributed by atoms with E-state index in [1.165, 1.54) is 0 Å². The molecule has 2 heteroatoms. The first kappa shape index (κ1) is 16.8. The predicted molar refractivity (Wildman–Crippen MR) is 86.1 cm³/mol. The summed E-state index contributed by atoms with van der Waals surface area (Å²) in [5, 5.41) is 0. The molecule has 1 aromatic carbocycles. The van der Waals surface area contributed by atoms with E-state index in [1.807, 2.05) is 31.2 Å². The highest BCUT2D eigenvalue weighted by molar-refractivity contribution is 5.61. The molecule has 0 bridgehead atoms. The average molecular weight is 276 g/mol. The van der Waals surface area contributed by atoms with Gasteiger partial charge < -0.3 is 9.47 Å². The van der Waals surface area contributed by atoms with Crippen LogP contribution < -0.4 is 4.74 Å². The molecule has 0 heterocycles. The zero-order chi connectivity index (χ0) is 15.4. The summed E-state index contributed by atoms with van der Waals surface area (Å²) in [5.74, 6) is 0.888. The van der Waals surface area contributed by atoms with Gasteiger partial charge in [-0.3, -0.25) is 0 Å². The Bertz CT molecular complexity index is 435. The van der Waals surface area contributed by atoms with Crippen LogP contribution in [0, 0.1) is 5.41 Å². The molecule has 0 aliphatic carbocycles. The first-order valence-electron chi connectivity index (χ1n) is 7.12. The molecule has 0 N–H and O–H groups in total. The van der Waals surface area contributed by atoms with E-state index in [0.717, 1.165) is 16.9 Å². The standard InChI is InChI=1S/C18H28O2/c1-14(2)15-8-10-16(11-9-15)19-12-18(6,7)13-20-17(3,4)5/h8-11H,1,12-13H2,2-7H3. The van der Waals surface area contributed by atoms with Gasteiger partial charge in [-0.1, -0.05) is 38.1 Å². The van der Waals surface area contributed by atoms with Crippen molar-refractivity contribution in [3.8, 4) is 5.75 Å². The van der Waals surface area contributed by atoms with Crippen LogP contribution in [0.3, 0.4) is 0 Å². The molecule has 0 unspecified atom stereocenters. The molecule has 0 amide bonds. The van der Waals surface area contributed by atoms with Gasteiger partial charge in [0.05, 0.1) is 18.8 Å². The molecule has 0 atom stereocenters. The van der Waals surface area contributed by atoms with Crippen LogP contribution in [0.4, 0.5) is 0 Å². The van der Waals surface area contributed by atoms with Crippen LogP contribution >= 0.6 is 0 Å². The highest BCUT2D eigenvalue weighted by atomic mass is 16.5. The SMILES string of the molecule is C=C(C)c1ccc(OCC(C)(C)COC(C)(C)C)cc1. The molecular weight excluding hydrogens is 248 g/mol. The number of hydrogen-bond acceptors (Lipinski definition) is 2. The smallest absolute Gasteiger partial charge is 0.119 e. The van der Waals surface area contributed by atoms with Gasteiger partial charge in [0.1, 0.15) is 5.75 Å². The Morgan fingerprint density at radius 1 is 1.00 bits per heavy atom. The number of allylic oxidation sites excluding steroid dienone is 1. The second-order valence-electron chi connectivity index (χ2n) is 7.16. The van der Waals surface area contributed by atoms with Crippen molar-refractivity contribution in [1.29, 1.82) is 0 Å². The Kier molecular flexibility index (Phi) is 5.41. The van der Waals surface area contributed by atoms with Crippen molar-refractivity contribution in [2.45, 2.75) is 47.1 Å². The van der Waals surface area contributed by atoms with Gasteiger partial charge in [0.15, 0.2) is 0 Å². The third kappa shape index (κ3) is 6.25. The lowest BCUT2D eigenvalue weighted by molar-refractivity contribution is -0.0532. The molecular formula is C18H28O2. The Labute approximate surface area is 123 Å². The Hall–Kier alpha value is -1.28. The van der Waals surface area contributed by atoms with Crippen molar-refractivity contribution in [2.24, 2.45) is 5.41 Å². The van der Waals surface area contributed by atoms with Gasteiger partial charge >= 0.3 is 0 Å². The van der Waals surface area contributed by atoms with Gasteiger partial charge in [-0.05, 0) is 45.4 Å². The fourth-order valence-electron chi connectivity index (χ4n) is 1.57. The Morgan fingerprint density at radius 2 is 1.55 bits per heavy atom. The van der Waals surface area contributed by atoms with Crippen LogP contribution in [0.25, 0.3) is 5.57 Å². The summed E-state index contributed by atoms with van der Waals surface area (Å²) in [6, 6.07) is 8.06. The third-order valence-electron chi connectivity index (χ3n) is 2.87. The molecule has 0 saturated carbocycles. The highest BCUT2D eigenvalue weighted by Crippen LogP contribution is 2.23. The van der Waals surface area contributed by atoms with Crippen molar-refractivity contribution >= 4 is 5.57 Å². The van der Waals surface area contributed by atoms with Gasteiger partial charge in [0.2, 0.25) is 0 Å². The zero-order valence-electron chi connectivity index (χ0n) is 13.7. The van der Waals surface area contributed by atoms with Crippen LogP contribution in [0.15, 0.2) is 30.8 Å². The molecule has 0 aliphatic heterocycles. The molecule has 0 fully saturated rings. The largest absolute Gasteiger partial charge is 0.493 e. The van der Waals surface area contributed by atoms with Gasteiger partial charge in [0.25, 0.3) is 0 Å². The number of rotatable bonds is 6. The third-order valence-corrected chi connectivity index (χ3v) is 2.87. The van der Waals surface area contributed by atoms with Crippen LogP contribution in [-0.4, -0.2) is 18.8 Å². The summed E-state index contributed by atoms with van der Waals surface area (Å²) >= 11 is 0. The molecule has 0 radical (unpaired) electrons. The quantitative estimate of drug-likeness (QED) is 0.732. The minimum atomic E-state index is -0.111. The number of benzene rings is 1. The fourth-order valence-corrected chi connectivity index (χ4v) is 1.57. The monoisotopic (exact) mass is 276 g/mol. The maximum Gasteiger partial charge on any atom is 0.119 e. The van der Waals surface area contributed by atoms with Crippen LogP contribution in [0.2, 0.25) is 0 Å². The molecule has 0 spiro atoms. The lowest BCUT2D eigenvalue weighted by atomic mass is 9.96. The van der Waals surface area contributed by atoms with E-state index in [2.05, 4.69) is 41.2 Å². The minimum absolute atomic E-state index is 0.0136. The summed E-state index contributed by atoms with van der Waals surface area (Å²) in [5.41, 5.74) is 2.09. The Balaban J connectivity index is 2.51. The molecule has 0 aliphatic rings. The van der Waals surface area contributed by atoms with E-state index in [9.17, 15) is 0 Å². The van der Waals surface area contributed by atoms with E-state index in [-0.39, 0.29) is 11.0 Å². The van der Waals surface area contributed by atoms with Gasteiger partial charge in [-0.15, -0.1) is 0 Å². The molecule has 0 saturated heterocycles. The maximum atomic E-state index is 5.86. The number of ether oxygens (including phenoxy) is 2. The second-order valence-corrected chi connectivity index (χ2v) is 7.16. The topological polar surface area (TPSA) is 18.5 Å². The van der Waals surface area contributed by atoms with E-state index >= 15 is 0 Å². The van der Waals surface area contributed by atoms with Crippen LogP contribution in [0.1, 0.15) is 47.1 Å². The molecule has 20 heavy (non-hydrogen) atoms. The summed E-state index contributed by atoms with van der Waals surface area (Å²) < 4.78 is 11.7. The van der Waals surface area contributed by atoms with E-state index in [1.54, 1.807) is 0 Å². The Morgan fingerprint density at radius 3 is 2.00 bits per heavy atom. The van der Waals surface area contributed by atoms with Crippen LogP contribution in [-0.2, 0) is 4.74 Å². The molecule has 112 valence electrons. The number of hydrogen-bond donors (Lipinski definition) is 0. The minimum Gasteiger partial charge on any atom is -0.493 e. The lowest BCUT2D eigenvalue weighted by Gasteiger charge is -2.29. The summed E-state index contributed by atoms with van der Waals surface area (Å²) in [7, 11) is 0. The molecule has 2 nitrogen and oxygen atoms in total. The molecule has 1 aromatic rings. The summed E-state index contributed by atoms with van der Waals surface area (Å²) in [6.45, 7) is 17.8. The van der Waals surface area contributed by atoms with Crippen molar-refractivity contribution in [2.75, 3.05) is 13.2 Å². The van der Waals surface area contributed by atoms with Crippen LogP contribution in [0.5, 0.6) is 5.75 Å². The van der Waals surface area contributed by atoms with Crippen molar-refractivity contribution in [3.63, 3.8) is 0 Å². The first-order valence-corrected chi connectivity index (χ1v) is 7.12.